The molecule has 0 saturated carbocycles. The highest BCUT2D eigenvalue weighted by atomic mass is 16.2. The van der Waals surface area contributed by atoms with Gasteiger partial charge in [-0.25, -0.2) is 0 Å². The van der Waals surface area contributed by atoms with Crippen molar-refractivity contribution in [3.63, 3.8) is 0 Å². The van der Waals surface area contributed by atoms with Crippen LogP contribution in [-0.4, -0.2) is 61.0 Å². The summed E-state index contributed by atoms with van der Waals surface area (Å²) in [5.74, 6) is 0.248. The van der Waals surface area contributed by atoms with Crippen LogP contribution in [0.2, 0.25) is 0 Å². The lowest BCUT2D eigenvalue weighted by molar-refractivity contribution is -0.135. The third-order valence-corrected chi connectivity index (χ3v) is 4.01. The number of hydrogen-bond donors (Lipinski definition) is 1. The Morgan fingerprint density at radius 1 is 1.33 bits per heavy atom. The highest BCUT2D eigenvalue weighted by Crippen LogP contribution is 2.10. The summed E-state index contributed by atoms with van der Waals surface area (Å²) in [5.41, 5.74) is 0. The minimum Gasteiger partial charge on any atom is -0.342 e. The molecule has 0 aromatic rings. The molecule has 0 aromatic carbocycles. The highest BCUT2D eigenvalue weighted by molar-refractivity contribution is 5.81. The van der Waals surface area contributed by atoms with Gasteiger partial charge >= 0.3 is 0 Å². The van der Waals surface area contributed by atoms with Gasteiger partial charge in [0.2, 0.25) is 5.91 Å². The van der Waals surface area contributed by atoms with Gasteiger partial charge in [0.1, 0.15) is 0 Å². The molecule has 0 radical (unpaired) electrons. The molecule has 4 nitrogen and oxygen atoms in total. The zero-order valence-corrected chi connectivity index (χ0v) is 12.4. The normalized spacial score (nSPS) is 21.9. The number of nitrogens with one attached hydrogen (secondary N) is 1. The molecule has 1 fully saturated rings. The predicted molar refractivity (Wildman–Crippen MR) is 75.7 cm³/mol. The maximum absolute atomic E-state index is 12.3. The van der Waals surface area contributed by atoms with Crippen molar-refractivity contribution in [2.45, 2.75) is 52.1 Å². The molecule has 1 heterocycles. The first-order valence-corrected chi connectivity index (χ1v) is 7.32. The third kappa shape index (κ3) is 4.25. The van der Waals surface area contributed by atoms with E-state index in [0.717, 1.165) is 26.2 Å². The molecule has 1 N–H and O–H groups in total. The Morgan fingerprint density at radius 3 is 2.50 bits per heavy atom. The van der Waals surface area contributed by atoms with E-state index in [0.29, 0.717) is 6.04 Å². The molecule has 1 amide bonds. The molecule has 18 heavy (non-hydrogen) atoms. The molecule has 1 saturated heterocycles. The summed E-state index contributed by atoms with van der Waals surface area (Å²) >= 11 is 0. The van der Waals surface area contributed by atoms with Crippen LogP contribution >= 0.6 is 0 Å². The van der Waals surface area contributed by atoms with Gasteiger partial charge < -0.3 is 10.2 Å². The zero-order valence-electron chi connectivity index (χ0n) is 12.4. The van der Waals surface area contributed by atoms with Gasteiger partial charge in [0.15, 0.2) is 0 Å². The SMILES string of the molecule is CCN(CC)C(=O)C(C)N(C)CC1CCCCN1. The van der Waals surface area contributed by atoms with Crippen molar-refractivity contribution in [3.05, 3.63) is 0 Å². The highest BCUT2D eigenvalue weighted by Gasteiger charge is 2.24. The Hall–Kier alpha value is -0.610. The maximum atomic E-state index is 12.3. The Balaban J connectivity index is 2.43. The molecule has 1 aliphatic rings. The molecule has 2 unspecified atom stereocenters. The average molecular weight is 255 g/mol. The lowest BCUT2D eigenvalue weighted by atomic mass is 10.0. The number of rotatable bonds is 6. The van der Waals surface area contributed by atoms with Gasteiger partial charge in [-0.3, -0.25) is 9.69 Å². The fourth-order valence-corrected chi connectivity index (χ4v) is 2.57. The molecule has 0 aliphatic carbocycles. The van der Waals surface area contributed by atoms with Gasteiger partial charge in [0, 0.05) is 25.7 Å². The van der Waals surface area contributed by atoms with Crippen LogP contribution in [0.25, 0.3) is 0 Å². The Morgan fingerprint density at radius 2 is 2.00 bits per heavy atom. The van der Waals surface area contributed by atoms with Gasteiger partial charge in [0.25, 0.3) is 0 Å². The lowest BCUT2D eigenvalue weighted by Gasteiger charge is -2.33. The summed E-state index contributed by atoms with van der Waals surface area (Å²) in [4.78, 5) is 16.3. The number of amides is 1. The molecule has 0 bridgehead atoms. The number of nitrogens with zero attached hydrogens (tertiary/aromatic N) is 2. The van der Waals surface area contributed by atoms with E-state index in [1.165, 1.54) is 19.3 Å². The van der Waals surface area contributed by atoms with Gasteiger partial charge in [-0.1, -0.05) is 6.42 Å². The first-order valence-electron chi connectivity index (χ1n) is 7.32. The standard InChI is InChI=1S/C14H29N3O/c1-5-17(6-2)14(18)12(3)16(4)11-13-9-7-8-10-15-13/h12-13,15H,5-11H2,1-4H3. The molecular formula is C14H29N3O. The van der Waals surface area contributed by atoms with E-state index in [-0.39, 0.29) is 11.9 Å². The zero-order chi connectivity index (χ0) is 13.5. The van der Waals surface area contributed by atoms with Crippen LogP contribution < -0.4 is 5.32 Å². The number of piperidine rings is 1. The van der Waals surface area contributed by atoms with E-state index in [1.54, 1.807) is 0 Å². The molecule has 2 atom stereocenters. The van der Waals surface area contributed by atoms with E-state index in [4.69, 9.17) is 0 Å². The molecule has 1 rings (SSSR count). The molecule has 0 aromatic heterocycles. The van der Waals surface area contributed by atoms with Crippen molar-refractivity contribution in [1.29, 1.82) is 0 Å². The van der Waals surface area contributed by atoms with E-state index >= 15 is 0 Å². The number of carbonyl (C=O) groups is 1. The van der Waals surface area contributed by atoms with Crippen molar-refractivity contribution in [2.75, 3.05) is 33.2 Å². The summed E-state index contributed by atoms with van der Waals surface area (Å²) in [6, 6.07) is 0.532. The molecular weight excluding hydrogens is 226 g/mol. The number of carbonyl (C=O) groups excluding carboxylic acids is 1. The molecule has 1 aliphatic heterocycles. The van der Waals surface area contributed by atoms with Gasteiger partial charge in [-0.2, -0.15) is 0 Å². The fourth-order valence-electron chi connectivity index (χ4n) is 2.57. The van der Waals surface area contributed by atoms with E-state index in [2.05, 4.69) is 17.3 Å². The van der Waals surface area contributed by atoms with Crippen LogP contribution in [0.3, 0.4) is 0 Å². The molecule has 106 valence electrons. The van der Waals surface area contributed by atoms with Gasteiger partial charge in [-0.15, -0.1) is 0 Å². The predicted octanol–water partition coefficient (Wildman–Crippen LogP) is 1.32. The fraction of sp³-hybridized carbons (Fsp3) is 0.929. The Kier molecular flexibility index (Phi) is 6.65. The van der Waals surface area contributed by atoms with Crippen molar-refractivity contribution in [2.24, 2.45) is 0 Å². The monoisotopic (exact) mass is 255 g/mol. The number of hydrogen-bond acceptors (Lipinski definition) is 3. The van der Waals surface area contributed by atoms with E-state index in [1.807, 2.05) is 25.7 Å². The topological polar surface area (TPSA) is 35.6 Å². The van der Waals surface area contributed by atoms with Crippen LogP contribution in [0.15, 0.2) is 0 Å². The van der Waals surface area contributed by atoms with Crippen molar-refractivity contribution in [1.82, 2.24) is 15.1 Å². The number of likely N-dealkylation sites (N-methyl/N-ethyl adjacent to an activating group) is 2. The smallest absolute Gasteiger partial charge is 0.239 e. The Labute approximate surface area is 112 Å². The molecule has 0 spiro atoms. The largest absolute Gasteiger partial charge is 0.342 e. The second kappa shape index (κ2) is 7.74. The van der Waals surface area contributed by atoms with Crippen molar-refractivity contribution < 1.29 is 4.79 Å². The quantitative estimate of drug-likeness (QED) is 0.777. The summed E-state index contributed by atoms with van der Waals surface area (Å²) in [6.07, 6.45) is 3.83. The van der Waals surface area contributed by atoms with Crippen LogP contribution in [0.5, 0.6) is 0 Å². The van der Waals surface area contributed by atoms with Crippen LogP contribution in [-0.2, 0) is 4.79 Å². The summed E-state index contributed by atoms with van der Waals surface area (Å²) in [7, 11) is 2.06. The Bertz CT molecular complexity index is 247. The summed E-state index contributed by atoms with van der Waals surface area (Å²) < 4.78 is 0. The third-order valence-electron chi connectivity index (χ3n) is 4.01. The minimum atomic E-state index is -0.0198. The van der Waals surface area contributed by atoms with Crippen LogP contribution in [0.4, 0.5) is 0 Å². The van der Waals surface area contributed by atoms with Gasteiger partial charge in [0.05, 0.1) is 6.04 Å². The summed E-state index contributed by atoms with van der Waals surface area (Å²) in [6.45, 7) is 9.78. The van der Waals surface area contributed by atoms with Crippen molar-refractivity contribution >= 4 is 5.91 Å². The first-order chi connectivity index (χ1) is 8.60. The second-order valence-electron chi connectivity index (χ2n) is 5.27. The summed E-state index contributed by atoms with van der Waals surface area (Å²) in [5, 5.41) is 3.53. The minimum absolute atomic E-state index is 0.0198. The molecule has 4 heteroatoms. The van der Waals surface area contributed by atoms with Crippen LogP contribution in [0, 0.1) is 0 Å². The second-order valence-corrected chi connectivity index (χ2v) is 5.27. The average Bonchev–Trinajstić information content (AvgIpc) is 2.40. The van der Waals surface area contributed by atoms with Crippen LogP contribution in [0.1, 0.15) is 40.0 Å². The maximum Gasteiger partial charge on any atom is 0.239 e. The lowest BCUT2D eigenvalue weighted by Crippen LogP contribution is -2.50. The first kappa shape index (κ1) is 15.4. The van der Waals surface area contributed by atoms with Crippen molar-refractivity contribution in [3.8, 4) is 0 Å². The van der Waals surface area contributed by atoms with Gasteiger partial charge in [-0.05, 0) is 47.2 Å². The van der Waals surface area contributed by atoms with E-state index in [9.17, 15) is 4.79 Å². The van der Waals surface area contributed by atoms with E-state index < -0.39 is 0 Å².